The number of nitrogens with one attached hydrogen (secondary N) is 1. The SMILES string of the molecule is O=S(=O)(CC1CCCCC1)CC1CCN1. The standard InChI is InChI=1S/C11H21NO2S/c13-15(14,9-11-6-7-12-11)8-10-4-2-1-3-5-10/h10-12H,1-9H2. The number of sulfone groups is 1. The second kappa shape index (κ2) is 4.83. The molecule has 0 aromatic carbocycles. The van der Waals surface area contributed by atoms with Crippen molar-refractivity contribution in [3.63, 3.8) is 0 Å². The molecule has 1 N–H and O–H groups in total. The smallest absolute Gasteiger partial charge is 0.152 e. The fourth-order valence-electron chi connectivity index (χ4n) is 2.58. The highest BCUT2D eigenvalue weighted by atomic mass is 32.2. The molecule has 1 unspecified atom stereocenters. The first-order chi connectivity index (χ1) is 7.16. The Kier molecular flexibility index (Phi) is 3.67. The van der Waals surface area contributed by atoms with Gasteiger partial charge in [-0.1, -0.05) is 19.3 Å². The van der Waals surface area contributed by atoms with Crippen LogP contribution in [-0.4, -0.2) is 32.5 Å². The molecule has 0 radical (unpaired) electrons. The van der Waals surface area contributed by atoms with Gasteiger partial charge in [-0.3, -0.25) is 0 Å². The van der Waals surface area contributed by atoms with Gasteiger partial charge in [0, 0.05) is 6.04 Å². The average molecular weight is 231 g/mol. The molecule has 0 bridgehead atoms. The molecule has 1 saturated carbocycles. The zero-order valence-corrected chi connectivity index (χ0v) is 10.1. The zero-order valence-electron chi connectivity index (χ0n) is 9.24. The molecule has 1 heterocycles. The van der Waals surface area contributed by atoms with E-state index in [0.29, 0.717) is 17.4 Å². The third kappa shape index (κ3) is 3.45. The summed E-state index contributed by atoms with van der Waals surface area (Å²) in [5.74, 6) is 1.25. The van der Waals surface area contributed by atoms with Gasteiger partial charge in [0.2, 0.25) is 0 Å². The predicted octanol–water partition coefficient (Wildman–Crippen LogP) is 1.34. The molecular weight excluding hydrogens is 210 g/mol. The molecule has 15 heavy (non-hydrogen) atoms. The van der Waals surface area contributed by atoms with Gasteiger partial charge in [0.05, 0.1) is 11.5 Å². The van der Waals surface area contributed by atoms with Gasteiger partial charge in [-0.2, -0.15) is 0 Å². The van der Waals surface area contributed by atoms with Crippen LogP contribution >= 0.6 is 0 Å². The van der Waals surface area contributed by atoms with Crippen molar-refractivity contribution in [1.29, 1.82) is 0 Å². The first-order valence-corrected chi connectivity index (χ1v) is 7.92. The lowest BCUT2D eigenvalue weighted by Crippen LogP contribution is -2.47. The van der Waals surface area contributed by atoms with Crippen LogP contribution in [0, 0.1) is 5.92 Å². The van der Waals surface area contributed by atoms with Crippen LogP contribution in [0.25, 0.3) is 0 Å². The average Bonchev–Trinajstić information content (AvgIpc) is 2.13. The molecular formula is C11H21NO2S. The van der Waals surface area contributed by atoms with Crippen molar-refractivity contribution in [2.45, 2.75) is 44.6 Å². The van der Waals surface area contributed by atoms with E-state index in [1.54, 1.807) is 0 Å². The molecule has 1 atom stereocenters. The summed E-state index contributed by atoms with van der Waals surface area (Å²) >= 11 is 0. The Hall–Kier alpha value is -0.0900. The Labute approximate surface area is 92.6 Å². The Morgan fingerprint density at radius 1 is 1.00 bits per heavy atom. The molecule has 2 fully saturated rings. The Morgan fingerprint density at radius 3 is 2.20 bits per heavy atom. The number of hydrogen-bond acceptors (Lipinski definition) is 3. The van der Waals surface area contributed by atoms with Crippen LogP contribution in [0.5, 0.6) is 0 Å². The Balaban J connectivity index is 1.80. The second-order valence-corrected chi connectivity index (χ2v) is 7.17. The maximum Gasteiger partial charge on any atom is 0.152 e. The highest BCUT2D eigenvalue weighted by Crippen LogP contribution is 2.25. The summed E-state index contributed by atoms with van der Waals surface area (Å²) in [6, 6.07) is 0.249. The van der Waals surface area contributed by atoms with E-state index < -0.39 is 9.84 Å². The van der Waals surface area contributed by atoms with E-state index in [-0.39, 0.29) is 6.04 Å². The molecule has 2 aliphatic rings. The summed E-state index contributed by atoms with van der Waals surface area (Å²) in [6.45, 7) is 0.990. The minimum Gasteiger partial charge on any atom is -0.313 e. The molecule has 88 valence electrons. The third-order valence-corrected chi connectivity index (χ3v) is 5.48. The largest absolute Gasteiger partial charge is 0.313 e. The van der Waals surface area contributed by atoms with Crippen LogP contribution < -0.4 is 5.32 Å². The second-order valence-electron chi connectivity index (χ2n) is 5.02. The third-order valence-electron chi connectivity index (χ3n) is 3.60. The van der Waals surface area contributed by atoms with E-state index >= 15 is 0 Å². The van der Waals surface area contributed by atoms with Gasteiger partial charge >= 0.3 is 0 Å². The predicted molar refractivity (Wildman–Crippen MR) is 61.6 cm³/mol. The van der Waals surface area contributed by atoms with Crippen LogP contribution in [0.1, 0.15) is 38.5 Å². The van der Waals surface area contributed by atoms with Gasteiger partial charge in [-0.05, 0) is 31.7 Å². The monoisotopic (exact) mass is 231 g/mol. The lowest BCUT2D eigenvalue weighted by atomic mass is 9.91. The van der Waals surface area contributed by atoms with Crippen molar-refractivity contribution in [3.8, 4) is 0 Å². The Morgan fingerprint density at radius 2 is 1.67 bits per heavy atom. The van der Waals surface area contributed by atoms with Crippen molar-refractivity contribution in [3.05, 3.63) is 0 Å². The fraction of sp³-hybridized carbons (Fsp3) is 1.00. The number of hydrogen-bond donors (Lipinski definition) is 1. The van der Waals surface area contributed by atoms with Gasteiger partial charge in [0.1, 0.15) is 0 Å². The Bertz CT molecular complexity index is 290. The van der Waals surface area contributed by atoms with Gasteiger partial charge in [-0.15, -0.1) is 0 Å². The topological polar surface area (TPSA) is 46.2 Å². The quantitative estimate of drug-likeness (QED) is 0.794. The minimum absolute atomic E-state index is 0.249. The molecule has 0 amide bonds. The highest BCUT2D eigenvalue weighted by molar-refractivity contribution is 7.91. The maximum atomic E-state index is 11.9. The summed E-state index contributed by atoms with van der Waals surface area (Å²) in [7, 11) is -2.80. The number of rotatable bonds is 4. The normalized spacial score (nSPS) is 28.7. The van der Waals surface area contributed by atoms with Gasteiger partial charge < -0.3 is 5.32 Å². The molecule has 0 aromatic heterocycles. The molecule has 1 aliphatic heterocycles. The molecule has 2 rings (SSSR count). The van der Waals surface area contributed by atoms with Crippen LogP contribution in [0.2, 0.25) is 0 Å². The highest BCUT2D eigenvalue weighted by Gasteiger charge is 2.27. The molecule has 3 nitrogen and oxygen atoms in total. The fourth-order valence-corrected chi connectivity index (χ4v) is 4.66. The van der Waals surface area contributed by atoms with Crippen molar-refractivity contribution in [2.75, 3.05) is 18.1 Å². The maximum absolute atomic E-state index is 11.9. The van der Waals surface area contributed by atoms with Crippen molar-refractivity contribution < 1.29 is 8.42 Å². The van der Waals surface area contributed by atoms with E-state index in [1.165, 1.54) is 19.3 Å². The van der Waals surface area contributed by atoms with Gasteiger partial charge in [0.25, 0.3) is 0 Å². The lowest BCUT2D eigenvalue weighted by Gasteiger charge is -2.28. The summed E-state index contributed by atoms with van der Waals surface area (Å²) in [5, 5.41) is 3.16. The molecule has 0 spiro atoms. The summed E-state index contributed by atoms with van der Waals surface area (Å²) in [5.41, 5.74) is 0. The van der Waals surface area contributed by atoms with Crippen LogP contribution in [-0.2, 0) is 9.84 Å². The van der Waals surface area contributed by atoms with E-state index in [0.717, 1.165) is 25.8 Å². The first-order valence-electron chi connectivity index (χ1n) is 6.09. The van der Waals surface area contributed by atoms with Crippen molar-refractivity contribution >= 4 is 9.84 Å². The van der Waals surface area contributed by atoms with E-state index in [4.69, 9.17) is 0 Å². The zero-order chi connectivity index (χ0) is 10.7. The van der Waals surface area contributed by atoms with Crippen molar-refractivity contribution in [1.82, 2.24) is 5.32 Å². The van der Waals surface area contributed by atoms with E-state index in [1.807, 2.05) is 0 Å². The molecule has 1 saturated heterocycles. The summed E-state index contributed by atoms with van der Waals surface area (Å²) in [4.78, 5) is 0. The molecule has 4 heteroatoms. The first kappa shape index (κ1) is 11.4. The van der Waals surface area contributed by atoms with Crippen molar-refractivity contribution in [2.24, 2.45) is 5.92 Å². The molecule has 1 aliphatic carbocycles. The van der Waals surface area contributed by atoms with Gasteiger partial charge in [-0.25, -0.2) is 8.42 Å². The minimum atomic E-state index is -2.80. The van der Waals surface area contributed by atoms with E-state index in [9.17, 15) is 8.42 Å². The lowest BCUT2D eigenvalue weighted by molar-refractivity contribution is 0.378. The molecule has 0 aromatic rings. The van der Waals surface area contributed by atoms with Crippen LogP contribution in [0.4, 0.5) is 0 Å². The van der Waals surface area contributed by atoms with E-state index in [2.05, 4.69) is 5.32 Å². The van der Waals surface area contributed by atoms with Gasteiger partial charge in [0.15, 0.2) is 9.84 Å². The van der Waals surface area contributed by atoms with Crippen LogP contribution in [0.15, 0.2) is 0 Å². The van der Waals surface area contributed by atoms with Crippen LogP contribution in [0.3, 0.4) is 0 Å². The summed E-state index contributed by atoms with van der Waals surface area (Å²) < 4.78 is 23.7. The summed E-state index contributed by atoms with van der Waals surface area (Å²) in [6.07, 6.45) is 7.02.